The maximum atomic E-state index is 14.6. The minimum absolute atomic E-state index is 0.0468. The fraction of sp³-hybridized carbons (Fsp3) is 0.382. The Morgan fingerprint density at radius 1 is 0.932 bits per heavy atom. The zero-order chi connectivity index (χ0) is 51.8. The number of piperidine rings is 1. The molecule has 0 aliphatic carbocycles. The molecule has 3 atom stereocenters. The van der Waals surface area contributed by atoms with Crippen molar-refractivity contribution in [3.63, 3.8) is 0 Å². The maximum absolute atomic E-state index is 14.6. The van der Waals surface area contributed by atoms with E-state index in [1.807, 2.05) is 31.2 Å². The van der Waals surface area contributed by atoms with Gasteiger partial charge in [-0.25, -0.2) is 4.79 Å². The number of halogens is 2. The largest absolute Gasteiger partial charge is 0.462 e. The molecule has 1 aromatic heterocycles. The van der Waals surface area contributed by atoms with Crippen LogP contribution in [0.1, 0.15) is 70.4 Å². The second-order valence-electron chi connectivity index (χ2n) is 19.8. The van der Waals surface area contributed by atoms with Crippen molar-refractivity contribution in [2.75, 3.05) is 67.6 Å². The number of hydrogen-bond acceptors (Lipinski definition) is 12. The first-order chi connectivity index (χ1) is 35.7. The Balaban J connectivity index is 0.854. The van der Waals surface area contributed by atoms with E-state index in [1.165, 1.54) is 9.80 Å². The lowest BCUT2D eigenvalue weighted by atomic mass is 10.0. The number of likely N-dealkylation sites (tertiary alicyclic amines) is 1. The number of benzene rings is 4. The summed E-state index contributed by atoms with van der Waals surface area (Å²) < 4.78 is 6.42. The van der Waals surface area contributed by atoms with Crippen LogP contribution in [0.4, 0.5) is 22.0 Å². The van der Waals surface area contributed by atoms with Crippen LogP contribution in [0.15, 0.2) is 84.9 Å². The van der Waals surface area contributed by atoms with E-state index in [1.54, 1.807) is 35.2 Å². The molecule has 10 rings (SSSR count). The van der Waals surface area contributed by atoms with E-state index in [-0.39, 0.29) is 80.8 Å². The number of urea groups is 1. The molecule has 2 N–H and O–H groups in total. The van der Waals surface area contributed by atoms with Gasteiger partial charge in [0.15, 0.2) is 0 Å². The van der Waals surface area contributed by atoms with Crippen LogP contribution in [0.5, 0.6) is 6.01 Å². The third kappa shape index (κ3) is 10.2. The van der Waals surface area contributed by atoms with E-state index in [0.29, 0.717) is 71.6 Å². The number of likely N-dealkylation sites (N-methyl/N-ethyl adjacent to an activating group) is 1. The fourth-order valence-corrected chi connectivity index (χ4v) is 11.4. The Kier molecular flexibility index (Phi) is 14.5. The Labute approximate surface area is 439 Å². The molecule has 382 valence electrons. The predicted molar refractivity (Wildman–Crippen MR) is 282 cm³/mol. The zero-order valence-corrected chi connectivity index (χ0v) is 42.9. The zero-order valence-electron chi connectivity index (χ0n) is 41.4. The summed E-state index contributed by atoms with van der Waals surface area (Å²) in [5.74, 6) is -0.796. The summed E-state index contributed by atoms with van der Waals surface area (Å²) in [4.78, 5) is 88.0. The monoisotopic (exact) mass is 1040 g/mol. The first kappa shape index (κ1) is 50.3. The number of aromatic nitrogens is 2. The summed E-state index contributed by atoms with van der Waals surface area (Å²) in [6.45, 7) is 9.79. The number of carbonyl (C=O) groups is 5. The molecule has 1 unspecified atom stereocenters. The molecule has 0 spiro atoms. The Hall–Kier alpha value is -7.26. The van der Waals surface area contributed by atoms with E-state index in [0.717, 1.165) is 58.5 Å². The van der Waals surface area contributed by atoms with Gasteiger partial charge < -0.3 is 34.6 Å². The number of aryl methyl sites for hydroxylation is 1. The van der Waals surface area contributed by atoms with Crippen LogP contribution in [0.25, 0.3) is 10.8 Å². The number of rotatable bonds is 13. The smallest absolute Gasteiger partial charge is 0.322 e. The molecule has 6 amide bonds. The number of piperazine rings is 1. The number of fused-ring (bicyclic) bond motifs is 3. The molecule has 17 nitrogen and oxygen atoms in total. The second-order valence-corrected chi connectivity index (χ2v) is 20.6. The van der Waals surface area contributed by atoms with Crippen LogP contribution in [0.3, 0.4) is 0 Å². The van der Waals surface area contributed by atoms with Crippen LogP contribution in [-0.4, -0.2) is 125 Å². The van der Waals surface area contributed by atoms with Gasteiger partial charge in [0.2, 0.25) is 11.8 Å². The SMILES string of the molecule is C=C(CN(C(=O)NCc1ccc2c(c1)CN(C1CCC(=O)NC1=O)C2=O)c1ccc(C)c(Cl)c1)C(=O)N1CCN(c2nc(OC[C@@H]3CCCN3C)nc3c2CCN(c2cccc4cccc(Cl)c24)C3)C[C@@H]1CC#N. The molecule has 4 aromatic carbocycles. The third-order valence-electron chi connectivity index (χ3n) is 15.0. The van der Waals surface area contributed by atoms with Crippen LogP contribution >= 0.6 is 23.2 Å². The van der Waals surface area contributed by atoms with Gasteiger partial charge in [-0.2, -0.15) is 15.2 Å². The lowest BCUT2D eigenvalue weighted by molar-refractivity contribution is -0.137. The van der Waals surface area contributed by atoms with Crippen molar-refractivity contribution in [2.45, 2.75) is 83.2 Å². The van der Waals surface area contributed by atoms with Crippen LogP contribution < -0.4 is 30.1 Å². The Bertz CT molecular complexity index is 3140. The van der Waals surface area contributed by atoms with Crippen LogP contribution in [0.2, 0.25) is 10.0 Å². The number of nitriles is 1. The van der Waals surface area contributed by atoms with E-state index >= 15 is 0 Å². The number of ether oxygens (including phenoxy) is 1. The minimum Gasteiger partial charge on any atom is -0.462 e. The van der Waals surface area contributed by atoms with Gasteiger partial charge in [-0.3, -0.25) is 29.4 Å². The van der Waals surface area contributed by atoms with Gasteiger partial charge in [-0.1, -0.05) is 72.2 Å². The van der Waals surface area contributed by atoms with Crippen molar-refractivity contribution in [1.82, 2.24) is 35.3 Å². The molecule has 0 bridgehead atoms. The fourth-order valence-electron chi connectivity index (χ4n) is 10.9. The van der Waals surface area contributed by atoms with Gasteiger partial charge in [-0.05, 0) is 98.6 Å². The summed E-state index contributed by atoms with van der Waals surface area (Å²) in [5.41, 5.74) is 6.13. The highest BCUT2D eigenvalue weighted by Gasteiger charge is 2.40. The molecule has 5 aromatic rings. The van der Waals surface area contributed by atoms with Crippen LogP contribution in [-0.2, 0) is 40.4 Å². The molecule has 5 aliphatic rings. The van der Waals surface area contributed by atoms with Crippen molar-refractivity contribution >= 4 is 80.8 Å². The highest BCUT2D eigenvalue weighted by molar-refractivity contribution is 6.36. The lowest BCUT2D eigenvalue weighted by Gasteiger charge is -2.43. The first-order valence-corrected chi connectivity index (χ1v) is 25.8. The molecule has 0 saturated carbocycles. The summed E-state index contributed by atoms with van der Waals surface area (Å²) in [7, 11) is 2.10. The van der Waals surface area contributed by atoms with Crippen molar-refractivity contribution in [3.8, 4) is 12.1 Å². The van der Waals surface area contributed by atoms with E-state index in [2.05, 4.69) is 63.2 Å². The van der Waals surface area contributed by atoms with E-state index in [9.17, 15) is 29.2 Å². The molecule has 6 heterocycles. The molecule has 74 heavy (non-hydrogen) atoms. The molecule has 3 fully saturated rings. The maximum Gasteiger partial charge on any atom is 0.322 e. The van der Waals surface area contributed by atoms with Gasteiger partial charge in [0.05, 0.1) is 42.3 Å². The predicted octanol–water partition coefficient (Wildman–Crippen LogP) is 6.95. The standard InChI is InChI=1S/C55H57Cl2N11O6/c1-33-12-14-38(26-44(33)57)67(55(73)59-27-35-13-15-41-37(25-35)29-68(53(41)72)47-16-17-48(69)61-51(47)70)28-34(2)52(71)66-24-23-65(30-39(66)18-20-58)50-42-19-22-64(46-11-5-8-36-7-4-10-43(56)49(36)46)31-45(42)60-54(62-50)74-32-40-9-6-21-63(40)3/h4-5,7-8,10-15,25-26,39-40,47H,2,6,9,16-19,21-24,27-32H2,1,3H3,(H,59,73)(H,61,69,70)/t39-,40-,47?/m0/s1. The summed E-state index contributed by atoms with van der Waals surface area (Å²) in [6.07, 6.45) is 3.22. The molecule has 0 radical (unpaired) electrons. The van der Waals surface area contributed by atoms with Gasteiger partial charge in [0.1, 0.15) is 18.5 Å². The number of nitrogens with zero attached hydrogens (tertiary/aromatic N) is 9. The van der Waals surface area contributed by atoms with Crippen molar-refractivity contribution < 1.29 is 28.7 Å². The average molecular weight is 1040 g/mol. The van der Waals surface area contributed by atoms with E-state index in [4.69, 9.17) is 37.9 Å². The summed E-state index contributed by atoms with van der Waals surface area (Å²) >= 11 is 13.4. The topological polar surface area (TPSA) is 188 Å². The molecule has 3 saturated heterocycles. The Morgan fingerprint density at radius 3 is 2.53 bits per heavy atom. The highest BCUT2D eigenvalue weighted by atomic mass is 35.5. The van der Waals surface area contributed by atoms with Crippen molar-refractivity contribution in [2.24, 2.45) is 0 Å². The number of imide groups is 1. The summed E-state index contributed by atoms with van der Waals surface area (Å²) in [6, 6.07) is 23.6. The number of amides is 6. The lowest BCUT2D eigenvalue weighted by Crippen LogP contribution is -2.56. The van der Waals surface area contributed by atoms with Gasteiger partial charge in [0.25, 0.3) is 11.8 Å². The van der Waals surface area contributed by atoms with Gasteiger partial charge >= 0.3 is 12.0 Å². The molecule has 5 aliphatic heterocycles. The second kappa shape index (κ2) is 21.3. The summed E-state index contributed by atoms with van der Waals surface area (Å²) in [5, 5.41) is 18.6. The number of nitrogens with one attached hydrogen (secondary N) is 2. The highest BCUT2D eigenvalue weighted by Crippen LogP contribution is 2.38. The molecular weight excluding hydrogens is 982 g/mol. The molecular formula is C55H57Cl2N11O6. The van der Waals surface area contributed by atoms with Crippen molar-refractivity contribution in [3.05, 3.63) is 129 Å². The number of hydrogen-bond donors (Lipinski definition) is 2. The minimum atomic E-state index is -0.749. The third-order valence-corrected chi connectivity index (χ3v) is 15.8. The first-order valence-electron chi connectivity index (χ1n) is 25.1. The van der Waals surface area contributed by atoms with Gasteiger partial charge in [0, 0.05) is 90.2 Å². The average Bonchev–Trinajstić information content (AvgIpc) is 3.97. The Morgan fingerprint density at radius 2 is 1.76 bits per heavy atom. The quantitative estimate of drug-likeness (QED) is 0.0915. The van der Waals surface area contributed by atoms with Crippen LogP contribution in [0, 0.1) is 18.3 Å². The normalized spacial score (nSPS) is 19.8. The van der Waals surface area contributed by atoms with E-state index < -0.39 is 24.0 Å². The number of carbonyl (C=O) groups excluding carboxylic acids is 5. The van der Waals surface area contributed by atoms with Crippen molar-refractivity contribution in [1.29, 1.82) is 5.26 Å². The molecule has 19 heteroatoms. The van der Waals surface area contributed by atoms with Gasteiger partial charge in [-0.15, -0.1) is 0 Å². The number of anilines is 3.